The lowest BCUT2D eigenvalue weighted by atomic mass is 10.1. The third-order valence-corrected chi connectivity index (χ3v) is 4.39. The van der Waals surface area contributed by atoms with Gasteiger partial charge >= 0.3 is 0 Å². The second-order valence-corrected chi connectivity index (χ2v) is 5.93. The van der Waals surface area contributed by atoms with Gasteiger partial charge in [-0.3, -0.25) is 4.79 Å². The van der Waals surface area contributed by atoms with Crippen molar-refractivity contribution in [1.29, 1.82) is 0 Å². The molecule has 0 radical (unpaired) electrons. The molecular weight excluding hydrogens is 334 g/mol. The molecule has 3 rings (SSSR count). The van der Waals surface area contributed by atoms with Crippen molar-refractivity contribution in [3.05, 3.63) is 36.0 Å². The Morgan fingerprint density at radius 1 is 1.04 bits per heavy atom. The molecule has 1 saturated heterocycles. The van der Waals surface area contributed by atoms with Crippen LogP contribution in [0.5, 0.6) is 17.2 Å². The molecule has 0 bridgehead atoms. The van der Waals surface area contributed by atoms with Crippen molar-refractivity contribution in [2.24, 2.45) is 0 Å². The minimum Gasteiger partial charge on any atom is -0.496 e. The maximum absolute atomic E-state index is 12.9. The molecule has 0 atom stereocenters. The Morgan fingerprint density at radius 2 is 1.69 bits per heavy atom. The average molecular weight is 357 g/mol. The summed E-state index contributed by atoms with van der Waals surface area (Å²) in [5.41, 5.74) is 1.04. The highest BCUT2D eigenvalue weighted by Crippen LogP contribution is 2.35. The Morgan fingerprint density at radius 3 is 2.35 bits per heavy atom. The zero-order valence-corrected chi connectivity index (χ0v) is 15.2. The quantitative estimate of drug-likeness (QED) is 0.857. The zero-order chi connectivity index (χ0) is 18.5. The van der Waals surface area contributed by atoms with Crippen molar-refractivity contribution in [3.8, 4) is 17.2 Å². The Balaban J connectivity index is 1.91. The van der Waals surface area contributed by atoms with Crippen LogP contribution in [0.4, 0.5) is 11.5 Å². The number of methoxy groups -OCH3 is 3. The van der Waals surface area contributed by atoms with E-state index in [2.05, 4.69) is 15.2 Å². The highest BCUT2D eigenvalue weighted by molar-refractivity contribution is 6.08. The topological polar surface area (TPSA) is 72.9 Å². The molecule has 0 aliphatic carbocycles. The third-order valence-electron chi connectivity index (χ3n) is 4.39. The van der Waals surface area contributed by atoms with Gasteiger partial charge in [-0.15, -0.1) is 0 Å². The van der Waals surface area contributed by atoms with E-state index < -0.39 is 0 Å². The summed E-state index contributed by atoms with van der Waals surface area (Å²) in [4.78, 5) is 19.5. The van der Waals surface area contributed by atoms with Crippen LogP contribution in [0.15, 0.2) is 30.5 Å². The summed E-state index contributed by atoms with van der Waals surface area (Å²) in [6, 6.07) is 6.91. The van der Waals surface area contributed by atoms with Gasteiger partial charge in [-0.25, -0.2) is 4.98 Å². The molecule has 1 aromatic carbocycles. The van der Waals surface area contributed by atoms with Gasteiger partial charge < -0.3 is 24.4 Å². The van der Waals surface area contributed by atoms with Gasteiger partial charge in [-0.1, -0.05) is 0 Å². The van der Waals surface area contributed by atoms with E-state index in [4.69, 9.17) is 14.2 Å². The minimum atomic E-state index is -0.295. The van der Waals surface area contributed by atoms with Crippen molar-refractivity contribution in [3.63, 3.8) is 0 Å². The first kappa shape index (κ1) is 17.8. The summed E-state index contributed by atoms with van der Waals surface area (Å²) in [7, 11) is 4.57. The minimum absolute atomic E-state index is 0.295. The van der Waals surface area contributed by atoms with Gasteiger partial charge in [0.25, 0.3) is 5.91 Å². The summed E-state index contributed by atoms with van der Waals surface area (Å²) in [5, 5.41) is 2.95. The number of hydrogen-bond donors (Lipinski definition) is 1. The van der Waals surface area contributed by atoms with Gasteiger partial charge in [0, 0.05) is 31.4 Å². The zero-order valence-electron chi connectivity index (χ0n) is 15.2. The molecule has 7 heteroatoms. The van der Waals surface area contributed by atoms with E-state index in [1.54, 1.807) is 24.4 Å². The number of anilines is 2. The SMILES string of the molecule is COc1cc(OC)c(C(=O)Nc2cccnc2N2CCCC2)cc1OC. The molecule has 2 aromatic rings. The van der Waals surface area contributed by atoms with Gasteiger partial charge in [-0.05, 0) is 25.0 Å². The van der Waals surface area contributed by atoms with E-state index >= 15 is 0 Å². The monoisotopic (exact) mass is 357 g/mol. The summed E-state index contributed by atoms with van der Waals surface area (Å²) in [6.45, 7) is 1.89. The summed E-state index contributed by atoms with van der Waals surface area (Å²) in [5.74, 6) is 1.87. The number of hydrogen-bond acceptors (Lipinski definition) is 6. The van der Waals surface area contributed by atoms with Gasteiger partial charge in [0.15, 0.2) is 17.3 Å². The number of ether oxygens (including phenoxy) is 3. The number of nitrogens with zero attached hydrogens (tertiary/aromatic N) is 2. The molecule has 1 aliphatic rings. The lowest BCUT2D eigenvalue weighted by molar-refractivity contribution is 0.102. The van der Waals surface area contributed by atoms with Crippen molar-refractivity contribution in [1.82, 2.24) is 4.98 Å². The molecule has 0 unspecified atom stereocenters. The fourth-order valence-electron chi connectivity index (χ4n) is 3.07. The van der Waals surface area contributed by atoms with Gasteiger partial charge in [0.2, 0.25) is 0 Å². The molecule has 7 nitrogen and oxygen atoms in total. The van der Waals surface area contributed by atoms with Crippen LogP contribution in [0.2, 0.25) is 0 Å². The van der Waals surface area contributed by atoms with Crippen LogP contribution in [-0.2, 0) is 0 Å². The molecule has 0 spiro atoms. The van der Waals surface area contributed by atoms with Crippen molar-refractivity contribution < 1.29 is 19.0 Å². The predicted molar refractivity (Wildman–Crippen MR) is 99.7 cm³/mol. The van der Waals surface area contributed by atoms with E-state index in [-0.39, 0.29) is 5.91 Å². The summed E-state index contributed by atoms with van der Waals surface area (Å²) in [6.07, 6.45) is 4.00. The van der Waals surface area contributed by atoms with Crippen LogP contribution in [0.1, 0.15) is 23.2 Å². The number of aromatic nitrogens is 1. The number of carbonyl (C=O) groups is 1. The van der Waals surface area contributed by atoms with Crippen LogP contribution in [-0.4, -0.2) is 45.3 Å². The fraction of sp³-hybridized carbons (Fsp3) is 0.368. The molecule has 138 valence electrons. The van der Waals surface area contributed by atoms with Crippen LogP contribution < -0.4 is 24.4 Å². The molecule has 1 N–H and O–H groups in total. The molecule has 2 heterocycles. The van der Waals surface area contributed by atoms with E-state index in [0.717, 1.165) is 31.7 Å². The van der Waals surface area contributed by atoms with Gasteiger partial charge in [-0.2, -0.15) is 0 Å². The van der Waals surface area contributed by atoms with Crippen LogP contribution >= 0.6 is 0 Å². The van der Waals surface area contributed by atoms with Crippen molar-refractivity contribution in [2.45, 2.75) is 12.8 Å². The van der Waals surface area contributed by atoms with E-state index in [1.807, 2.05) is 6.07 Å². The van der Waals surface area contributed by atoms with Gasteiger partial charge in [0.05, 0.1) is 32.6 Å². The Kier molecular flexibility index (Phi) is 5.46. The third kappa shape index (κ3) is 3.51. The van der Waals surface area contributed by atoms with E-state index in [9.17, 15) is 4.79 Å². The van der Waals surface area contributed by atoms with Crippen molar-refractivity contribution >= 4 is 17.4 Å². The first-order valence-corrected chi connectivity index (χ1v) is 8.49. The number of rotatable bonds is 6. The number of amides is 1. The second kappa shape index (κ2) is 7.95. The van der Waals surface area contributed by atoms with Crippen LogP contribution in [0.25, 0.3) is 0 Å². The Hall–Kier alpha value is -2.96. The number of pyridine rings is 1. The first-order chi connectivity index (χ1) is 12.7. The Bertz CT molecular complexity index is 788. The fourth-order valence-corrected chi connectivity index (χ4v) is 3.07. The normalized spacial score (nSPS) is 13.4. The predicted octanol–water partition coefficient (Wildman–Crippen LogP) is 2.96. The largest absolute Gasteiger partial charge is 0.496 e. The Labute approximate surface area is 152 Å². The van der Waals surface area contributed by atoms with E-state index in [1.165, 1.54) is 21.3 Å². The number of nitrogens with one attached hydrogen (secondary N) is 1. The molecule has 26 heavy (non-hydrogen) atoms. The van der Waals surface area contributed by atoms with Crippen LogP contribution in [0.3, 0.4) is 0 Å². The molecule has 1 fully saturated rings. The smallest absolute Gasteiger partial charge is 0.259 e. The molecule has 1 aromatic heterocycles. The maximum atomic E-state index is 12.9. The molecule has 1 amide bonds. The lowest BCUT2D eigenvalue weighted by Crippen LogP contribution is -2.22. The number of benzene rings is 1. The summed E-state index contributed by atoms with van der Waals surface area (Å²) < 4.78 is 15.9. The highest BCUT2D eigenvalue weighted by Gasteiger charge is 2.21. The standard InChI is InChI=1S/C19H23N3O4/c1-24-15-12-17(26-3)16(25-2)11-13(15)19(23)21-14-7-6-8-20-18(14)22-9-4-5-10-22/h6-8,11-12H,4-5,9-10H2,1-3H3,(H,21,23). The van der Waals surface area contributed by atoms with Gasteiger partial charge in [0.1, 0.15) is 5.75 Å². The average Bonchev–Trinajstić information content (AvgIpc) is 3.21. The van der Waals surface area contributed by atoms with Crippen molar-refractivity contribution in [2.75, 3.05) is 44.6 Å². The van der Waals surface area contributed by atoms with Crippen LogP contribution in [0, 0.1) is 0 Å². The molecule has 0 saturated carbocycles. The maximum Gasteiger partial charge on any atom is 0.259 e. The second-order valence-electron chi connectivity index (χ2n) is 5.93. The molecule has 1 aliphatic heterocycles. The first-order valence-electron chi connectivity index (χ1n) is 8.49. The van der Waals surface area contributed by atoms with E-state index in [0.29, 0.717) is 28.5 Å². The lowest BCUT2D eigenvalue weighted by Gasteiger charge is -2.20. The molecular formula is C19H23N3O4. The number of carbonyl (C=O) groups excluding carboxylic acids is 1. The summed E-state index contributed by atoms with van der Waals surface area (Å²) >= 11 is 0. The highest BCUT2D eigenvalue weighted by atomic mass is 16.5.